The number of benzene rings is 2. The summed E-state index contributed by atoms with van der Waals surface area (Å²) in [5.41, 5.74) is 0.831. The van der Waals surface area contributed by atoms with Crippen LogP contribution in [0, 0.1) is 11.3 Å². The molecule has 0 saturated heterocycles. The van der Waals surface area contributed by atoms with E-state index in [4.69, 9.17) is 14.2 Å². The predicted octanol–water partition coefficient (Wildman–Crippen LogP) is 3.82. The largest absolute Gasteiger partial charge is 0.497 e. The minimum Gasteiger partial charge on any atom is -0.497 e. The highest BCUT2D eigenvalue weighted by molar-refractivity contribution is 6.03. The molecule has 28 heavy (non-hydrogen) atoms. The molecule has 6 heteroatoms. The van der Waals surface area contributed by atoms with Crippen LogP contribution < -0.4 is 9.47 Å². The van der Waals surface area contributed by atoms with Crippen LogP contribution in [-0.2, 0) is 9.53 Å². The first-order valence-electron chi connectivity index (χ1n) is 8.72. The number of methoxy groups -OCH3 is 1. The molecule has 0 spiro atoms. The standard InChI is InChI=1S/C22H21NO5/c1-4-27-20-11-7-17(8-12-20)21(24)15(2)28-22(25)18(14-23)13-16-5-9-19(26-3)10-6-16/h5-13,15H,4H2,1-3H3/b18-13+/t15-/m0/s1. The van der Waals surface area contributed by atoms with Gasteiger partial charge in [0.1, 0.15) is 23.1 Å². The van der Waals surface area contributed by atoms with Crippen LogP contribution in [0.15, 0.2) is 54.1 Å². The summed E-state index contributed by atoms with van der Waals surface area (Å²) < 4.78 is 15.6. The lowest BCUT2D eigenvalue weighted by Crippen LogP contribution is -2.25. The molecular weight excluding hydrogens is 358 g/mol. The van der Waals surface area contributed by atoms with Crippen LogP contribution >= 0.6 is 0 Å². The van der Waals surface area contributed by atoms with E-state index >= 15 is 0 Å². The van der Waals surface area contributed by atoms with Gasteiger partial charge >= 0.3 is 5.97 Å². The molecule has 6 nitrogen and oxygen atoms in total. The van der Waals surface area contributed by atoms with Gasteiger partial charge in [-0.1, -0.05) is 12.1 Å². The Morgan fingerprint density at radius 1 is 1.07 bits per heavy atom. The monoisotopic (exact) mass is 379 g/mol. The van der Waals surface area contributed by atoms with Crippen molar-refractivity contribution >= 4 is 17.8 Å². The molecule has 0 N–H and O–H groups in total. The number of ether oxygens (including phenoxy) is 3. The van der Waals surface area contributed by atoms with Gasteiger partial charge < -0.3 is 14.2 Å². The van der Waals surface area contributed by atoms with Crippen molar-refractivity contribution in [3.8, 4) is 17.6 Å². The smallest absolute Gasteiger partial charge is 0.349 e. The normalized spacial score (nSPS) is 11.9. The maximum Gasteiger partial charge on any atom is 0.349 e. The number of Topliss-reactive ketones (excluding diaryl/α,β-unsaturated/α-hetero) is 1. The van der Waals surface area contributed by atoms with E-state index in [9.17, 15) is 14.9 Å². The molecule has 2 aromatic carbocycles. The van der Waals surface area contributed by atoms with Crippen molar-refractivity contribution in [2.24, 2.45) is 0 Å². The third-order valence-electron chi connectivity index (χ3n) is 3.87. The van der Waals surface area contributed by atoms with Crippen molar-refractivity contribution in [2.75, 3.05) is 13.7 Å². The van der Waals surface area contributed by atoms with Gasteiger partial charge in [0.05, 0.1) is 13.7 Å². The Hall–Kier alpha value is -3.59. The lowest BCUT2D eigenvalue weighted by molar-refractivity contribution is -0.141. The Labute approximate surface area is 164 Å². The summed E-state index contributed by atoms with van der Waals surface area (Å²) in [4.78, 5) is 24.7. The van der Waals surface area contributed by atoms with Crippen molar-refractivity contribution in [1.82, 2.24) is 0 Å². The van der Waals surface area contributed by atoms with E-state index in [0.717, 1.165) is 0 Å². The quantitative estimate of drug-likeness (QED) is 0.300. The fourth-order valence-electron chi connectivity index (χ4n) is 2.40. The number of carbonyl (C=O) groups excluding carboxylic acids is 2. The summed E-state index contributed by atoms with van der Waals surface area (Å²) >= 11 is 0. The number of nitriles is 1. The molecule has 2 rings (SSSR count). The number of carbonyl (C=O) groups is 2. The van der Waals surface area contributed by atoms with Crippen LogP contribution in [0.1, 0.15) is 29.8 Å². The Morgan fingerprint density at radius 2 is 1.68 bits per heavy atom. The Balaban J connectivity index is 2.06. The summed E-state index contributed by atoms with van der Waals surface area (Å²) in [6, 6.07) is 15.2. The molecule has 144 valence electrons. The SMILES string of the molecule is CCOc1ccc(C(=O)[C@H](C)OC(=O)/C(C#N)=C/c2ccc(OC)cc2)cc1. The van der Waals surface area contributed by atoms with Crippen LogP contribution in [0.2, 0.25) is 0 Å². The van der Waals surface area contributed by atoms with Crippen molar-refractivity contribution < 1.29 is 23.8 Å². The topological polar surface area (TPSA) is 85.6 Å². The number of esters is 1. The van der Waals surface area contributed by atoms with Crippen molar-refractivity contribution in [3.05, 3.63) is 65.2 Å². The van der Waals surface area contributed by atoms with Crippen LogP contribution in [-0.4, -0.2) is 31.6 Å². The zero-order valence-electron chi connectivity index (χ0n) is 16.0. The molecule has 0 heterocycles. The number of rotatable bonds is 8. The van der Waals surface area contributed by atoms with E-state index in [-0.39, 0.29) is 11.4 Å². The molecule has 0 radical (unpaired) electrons. The van der Waals surface area contributed by atoms with Gasteiger partial charge in [0, 0.05) is 5.56 Å². The summed E-state index contributed by atoms with van der Waals surface area (Å²) in [7, 11) is 1.55. The third kappa shape index (κ3) is 5.45. The van der Waals surface area contributed by atoms with Crippen molar-refractivity contribution in [1.29, 1.82) is 5.26 Å². The first-order chi connectivity index (χ1) is 13.5. The van der Waals surface area contributed by atoms with Gasteiger partial charge in [-0.2, -0.15) is 5.26 Å². The zero-order valence-corrected chi connectivity index (χ0v) is 16.0. The molecule has 1 atom stereocenters. The van der Waals surface area contributed by atoms with Gasteiger partial charge in [0.15, 0.2) is 6.10 Å². The molecular formula is C22H21NO5. The van der Waals surface area contributed by atoms with Crippen LogP contribution in [0.3, 0.4) is 0 Å². The molecule has 0 bridgehead atoms. The van der Waals surface area contributed by atoms with Gasteiger partial charge in [-0.3, -0.25) is 4.79 Å². The Morgan fingerprint density at radius 3 is 2.21 bits per heavy atom. The summed E-state index contributed by atoms with van der Waals surface area (Å²) in [6.07, 6.45) is 0.369. The Kier molecular flexibility index (Phi) is 7.35. The minimum absolute atomic E-state index is 0.198. The second kappa shape index (κ2) is 9.93. The highest BCUT2D eigenvalue weighted by Crippen LogP contribution is 2.17. The maximum atomic E-state index is 12.5. The van der Waals surface area contributed by atoms with E-state index in [0.29, 0.717) is 29.2 Å². The Bertz CT molecular complexity index is 892. The lowest BCUT2D eigenvalue weighted by atomic mass is 10.1. The molecule has 0 saturated carbocycles. The molecule has 0 aliphatic rings. The van der Waals surface area contributed by atoms with Gasteiger partial charge in [0.25, 0.3) is 0 Å². The van der Waals surface area contributed by atoms with Gasteiger partial charge in [-0.15, -0.1) is 0 Å². The first kappa shape index (κ1) is 20.7. The maximum absolute atomic E-state index is 12.5. The number of hydrogen-bond acceptors (Lipinski definition) is 6. The van der Waals surface area contributed by atoms with E-state index in [1.807, 2.05) is 13.0 Å². The van der Waals surface area contributed by atoms with Crippen LogP contribution in [0.5, 0.6) is 11.5 Å². The first-order valence-corrected chi connectivity index (χ1v) is 8.72. The van der Waals surface area contributed by atoms with E-state index in [2.05, 4.69) is 0 Å². The van der Waals surface area contributed by atoms with Crippen LogP contribution in [0.4, 0.5) is 0 Å². The highest BCUT2D eigenvalue weighted by Gasteiger charge is 2.22. The third-order valence-corrected chi connectivity index (χ3v) is 3.87. The summed E-state index contributed by atoms with van der Waals surface area (Å²) in [5, 5.41) is 9.27. The van der Waals surface area contributed by atoms with E-state index in [1.165, 1.54) is 13.0 Å². The second-order valence-electron chi connectivity index (χ2n) is 5.81. The molecule has 0 aliphatic carbocycles. The minimum atomic E-state index is -1.03. The fourth-order valence-corrected chi connectivity index (χ4v) is 2.40. The van der Waals surface area contributed by atoms with E-state index in [1.54, 1.807) is 55.6 Å². The molecule has 0 amide bonds. The van der Waals surface area contributed by atoms with Crippen LogP contribution in [0.25, 0.3) is 6.08 Å². The molecule has 0 aliphatic heterocycles. The van der Waals surface area contributed by atoms with Crippen molar-refractivity contribution in [3.63, 3.8) is 0 Å². The highest BCUT2D eigenvalue weighted by atomic mass is 16.5. The average Bonchev–Trinajstić information content (AvgIpc) is 2.72. The number of ketones is 1. The van der Waals surface area contributed by atoms with Gasteiger partial charge in [-0.05, 0) is 61.9 Å². The summed E-state index contributed by atoms with van der Waals surface area (Å²) in [6.45, 7) is 3.87. The second-order valence-corrected chi connectivity index (χ2v) is 5.81. The fraction of sp³-hybridized carbons (Fsp3) is 0.227. The predicted molar refractivity (Wildman–Crippen MR) is 104 cm³/mol. The van der Waals surface area contributed by atoms with Gasteiger partial charge in [0.2, 0.25) is 5.78 Å². The summed E-state index contributed by atoms with van der Waals surface area (Å²) in [5.74, 6) is 0.0916. The lowest BCUT2D eigenvalue weighted by Gasteiger charge is -2.12. The average molecular weight is 379 g/mol. The number of nitrogens with zero attached hydrogens (tertiary/aromatic N) is 1. The number of hydrogen-bond donors (Lipinski definition) is 0. The van der Waals surface area contributed by atoms with Crippen molar-refractivity contribution in [2.45, 2.75) is 20.0 Å². The molecule has 2 aromatic rings. The molecule has 0 fully saturated rings. The van der Waals surface area contributed by atoms with E-state index < -0.39 is 12.1 Å². The molecule has 0 aromatic heterocycles. The zero-order chi connectivity index (χ0) is 20.5. The van der Waals surface area contributed by atoms with Gasteiger partial charge in [-0.25, -0.2) is 4.79 Å². The molecule has 0 unspecified atom stereocenters.